The van der Waals surface area contributed by atoms with Crippen LogP contribution in [0.4, 0.5) is 105 Å². The Balaban J connectivity index is 0.00000638. The first-order valence-electron chi connectivity index (χ1n) is 21.1. The molecule has 42 heteroatoms. The number of benzene rings is 4. The monoisotopic (exact) mass is 1340 g/mol. The summed E-state index contributed by atoms with van der Waals surface area (Å²) in [6, 6.07) is -0.399. The van der Waals surface area contributed by atoms with Gasteiger partial charge in [-0.2, -0.15) is 96.6 Å². The zero-order chi connectivity index (χ0) is 65.1. The van der Waals surface area contributed by atoms with E-state index in [-0.39, 0.29) is 74.7 Å². The molecule has 2 aliphatic carbocycles. The molecule has 0 spiro atoms. The maximum absolute atomic E-state index is 16.4. The van der Waals surface area contributed by atoms with Gasteiger partial charge in [0.1, 0.15) is 39.4 Å². The van der Waals surface area contributed by atoms with Crippen molar-refractivity contribution < 1.29 is 158 Å². The third-order valence-electron chi connectivity index (χ3n) is 12.2. The Morgan fingerprint density at radius 2 is 0.821 bits per heavy atom. The summed E-state index contributed by atoms with van der Waals surface area (Å²) in [6.45, 7) is 2.21. The maximum Gasteiger partial charge on any atom is 0.512 e. The highest BCUT2D eigenvalue weighted by Gasteiger charge is 3.01. The van der Waals surface area contributed by atoms with Crippen molar-refractivity contribution in [1.29, 1.82) is 0 Å². The summed E-state index contributed by atoms with van der Waals surface area (Å²) in [5, 5.41) is 0. The lowest BCUT2D eigenvalue weighted by molar-refractivity contribution is -0.487. The molecule has 2 fully saturated rings. The summed E-state index contributed by atoms with van der Waals surface area (Å²) in [5.74, 6) is -43.8. The highest BCUT2D eigenvalue weighted by atomic mass is 32.3. The number of nitrogens with one attached hydrogen (secondary N) is 2. The number of rotatable bonds is 17. The smallest absolute Gasteiger partial charge is 0.497 e. The van der Waals surface area contributed by atoms with E-state index >= 15 is 30.7 Å². The molecule has 2 N–H and O–H groups in total. The lowest BCUT2D eigenvalue weighted by atomic mass is 9.68. The van der Waals surface area contributed by atoms with Gasteiger partial charge in [0.15, 0.2) is 0 Å². The Labute approximate surface area is 454 Å². The van der Waals surface area contributed by atoms with Crippen LogP contribution >= 0.6 is 0 Å². The van der Waals surface area contributed by atoms with E-state index in [0.717, 1.165) is 7.11 Å². The van der Waals surface area contributed by atoms with E-state index in [1.165, 1.54) is 0 Å². The lowest BCUT2D eigenvalue weighted by Gasteiger charge is -2.56. The number of hydrogen-bond donors (Lipinski definition) is 2. The highest BCUT2D eigenvalue weighted by molar-refractivity contribution is 8.05. The maximum atomic E-state index is 16.4. The zero-order valence-electron chi connectivity index (χ0n) is 40.3. The van der Waals surface area contributed by atoms with Crippen molar-refractivity contribution in [3.63, 3.8) is 0 Å². The Hall–Kier alpha value is -6.14. The van der Waals surface area contributed by atoms with Crippen LogP contribution < -0.4 is 27.2 Å². The molecule has 6 rings (SSSR count). The van der Waals surface area contributed by atoms with Gasteiger partial charge in [-0.15, -0.1) is 13.2 Å². The predicted molar refractivity (Wildman–Crippen MR) is 234 cm³/mol. The number of sulfonamides is 4. The summed E-state index contributed by atoms with van der Waals surface area (Å²) < 4.78 is 466. The third kappa shape index (κ3) is 10.0. The third-order valence-corrected chi connectivity index (χ3v) is 18.8. The second kappa shape index (κ2) is 20.5. The minimum Gasteiger partial charge on any atom is -0.497 e. The van der Waals surface area contributed by atoms with Crippen LogP contribution in [0, 0.1) is 0 Å². The molecule has 2 saturated carbocycles. The molecule has 4 aromatic carbocycles. The molecule has 2 aliphatic rings. The molecule has 0 heterocycles. The lowest BCUT2D eigenvalue weighted by Crippen LogP contribution is -2.89. The summed E-state index contributed by atoms with van der Waals surface area (Å²) in [6.07, 6.45) is -12.8. The average Bonchev–Trinajstić information content (AvgIpc) is 3.53. The summed E-state index contributed by atoms with van der Waals surface area (Å²) >= 11 is 0. The van der Waals surface area contributed by atoms with E-state index in [1.807, 2.05) is 0 Å². The number of alkyl halides is 24. The van der Waals surface area contributed by atoms with Crippen molar-refractivity contribution in [2.24, 2.45) is 0 Å². The first-order chi connectivity index (χ1) is 37.5. The van der Waals surface area contributed by atoms with Gasteiger partial charge in [-0.05, 0) is 77.7 Å². The molecule has 0 aromatic heterocycles. The molecule has 4 unspecified atom stereocenters. The quantitative estimate of drug-likeness (QED) is 0.0750. The van der Waals surface area contributed by atoms with E-state index < -0.39 is 191 Å². The highest BCUT2D eigenvalue weighted by Crippen LogP contribution is 2.70. The molecule has 0 amide bonds. The number of methoxy groups -OCH3 is 1. The minimum atomic E-state index is -7.30. The van der Waals surface area contributed by atoms with Crippen molar-refractivity contribution in [1.82, 2.24) is 8.25 Å². The van der Waals surface area contributed by atoms with E-state index in [9.17, 15) is 108 Å². The van der Waals surface area contributed by atoms with Crippen LogP contribution in [-0.4, -0.2) is 117 Å². The van der Waals surface area contributed by atoms with Gasteiger partial charge in [0.25, 0.3) is 31.4 Å². The Morgan fingerprint density at radius 1 is 0.464 bits per heavy atom. The molecule has 4 aromatic rings. The first kappa shape index (κ1) is 68.6. The van der Waals surface area contributed by atoms with Crippen LogP contribution in [0.25, 0.3) is 11.1 Å². The standard InChI is InChI=1S/C40H24F24N2O12S4.C2H4/c1-28(41)31(43,44)33(47,48)35(28,51)78-25-14-4-19(16-27(25)80(69,70)66-82(73,74)40(62,63)64)18-3-13-24(26(15-18)79(67,68)65-81(71,72)39(59,60)61)76-17-29(42)32(45,46)34(49,50)36(29,52)77-23-11-7-21(8-12-23)30(37(53,54)55,38(56,57)58)20-5-9-22(75-2)10-6-20;1-2/h3-16,65-66H,17H2,1-2H3;1-2H2. The normalized spacial score (nSPS) is 24.3. The van der Waals surface area contributed by atoms with Gasteiger partial charge in [-0.25, -0.2) is 42.5 Å². The van der Waals surface area contributed by atoms with Gasteiger partial charge < -0.3 is 18.9 Å². The second-order valence-corrected chi connectivity index (χ2v) is 24.3. The van der Waals surface area contributed by atoms with E-state index in [4.69, 9.17) is 4.74 Å². The van der Waals surface area contributed by atoms with Crippen molar-refractivity contribution in [3.8, 4) is 34.1 Å². The fourth-order valence-corrected chi connectivity index (χ4v) is 12.9. The molecule has 84 heavy (non-hydrogen) atoms. The second-order valence-electron chi connectivity index (χ2n) is 17.2. The molecule has 14 nitrogen and oxygen atoms in total. The molecule has 0 bridgehead atoms. The van der Waals surface area contributed by atoms with Crippen LogP contribution in [0.1, 0.15) is 18.1 Å². The Morgan fingerprint density at radius 3 is 1.18 bits per heavy atom. The van der Waals surface area contributed by atoms with Gasteiger partial charge in [-0.3, -0.25) is 0 Å². The fourth-order valence-electron chi connectivity index (χ4n) is 7.82. The molecule has 0 aliphatic heterocycles. The van der Waals surface area contributed by atoms with Gasteiger partial charge in [-0.1, -0.05) is 44.7 Å². The molecule has 0 saturated heterocycles. The van der Waals surface area contributed by atoms with Crippen LogP contribution in [0.15, 0.2) is 108 Å². The number of halogens is 24. The summed E-state index contributed by atoms with van der Waals surface area (Å²) in [4.78, 5) is -4.88. The number of ether oxygens (including phenoxy) is 4. The van der Waals surface area contributed by atoms with E-state index in [0.29, 0.717) is 12.1 Å². The molecule has 4 atom stereocenters. The van der Waals surface area contributed by atoms with E-state index in [2.05, 4.69) is 27.4 Å². The average molecular weight is 1340 g/mol. The molecule has 0 radical (unpaired) electrons. The van der Waals surface area contributed by atoms with Gasteiger partial charge in [0.05, 0.1) is 7.11 Å². The fraction of sp³-hybridized carbons (Fsp3) is 0.381. The van der Waals surface area contributed by atoms with Gasteiger partial charge in [0.2, 0.25) is 5.41 Å². The van der Waals surface area contributed by atoms with E-state index in [1.54, 1.807) is 0 Å². The zero-order valence-corrected chi connectivity index (χ0v) is 43.6. The van der Waals surface area contributed by atoms with Crippen LogP contribution in [-0.2, 0) is 45.5 Å². The predicted octanol–water partition coefficient (Wildman–Crippen LogP) is 11.0. The SMILES string of the molecule is C=C.COc1ccc(C(c2ccc(OC3(F)C(F)(F)C(F)(F)C3(F)COc3ccc(-c4ccc(OC5(F)C(C)(F)C(F)(F)C5(F)F)c(S(=O)(=O)NS(=O)(=O)C(F)(F)F)c4)cc3S(=O)(=O)NS(=O)(=O)C(F)(F)F)cc2)(C(F)(F)F)C(F)(F)F)cc1. The van der Waals surface area contributed by atoms with Crippen molar-refractivity contribution in [2.75, 3.05) is 13.7 Å². The summed E-state index contributed by atoms with van der Waals surface area (Å²) in [5.41, 5.74) is -35.8. The van der Waals surface area contributed by atoms with Crippen LogP contribution in [0.5, 0.6) is 23.0 Å². The summed E-state index contributed by atoms with van der Waals surface area (Å²) in [7, 11) is -27.2. The van der Waals surface area contributed by atoms with Gasteiger partial charge in [0, 0.05) is 0 Å². The minimum absolute atomic E-state index is 0.0207. The first-order valence-corrected chi connectivity index (χ1v) is 27.1. The largest absolute Gasteiger partial charge is 0.512 e. The van der Waals surface area contributed by atoms with Crippen LogP contribution in [0.3, 0.4) is 0 Å². The van der Waals surface area contributed by atoms with Crippen molar-refractivity contribution in [3.05, 3.63) is 109 Å². The van der Waals surface area contributed by atoms with Gasteiger partial charge >= 0.3 is 78.8 Å². The Bertz CT molecular complexity index is 3620. The Kier molecular flexibility index (Phi) is 16.8. The number of hydrogen-bond acceptors (Lipinski definition) is 12. The topological polar surface area (TPSA) is 198 Å². The molecular weight excluding hydrogens is 1310 g/mol. The van der Waals surface area contributed by atoms with Crippen molar-refractivity contribution >= 4 is 40.1 Å². The molecular formula is C42H28F24N2O12S4. The van der Waals surface area contributed by atoms with Crippen molar-refractivity contribution in [2.45, 2.75) is 92.2 Å². The molecule has 470 valence electrons. The van der Waals surface area contributed by atoms with Crippen LogP contribution in [0.2, 0.25) is 0 Å².